The van der Waals surface area contributed by atoms with Gasteiger partial charge in [0.2, 0.25) is 0 Å². The highest BCUT2D eigenvalue weighted by Gasteiger charge is 2.12. The molecule has 0 N–H and O–H groups in total. The summed E-state index contributed by atoms with van der Waals surface area (Å²) in [7, 11) is 0. The van der Waals surface area contributed by atoms with E-state index >= 15 is 0 Å². The van der Waals surface area contributed by atoms with Gasteiger partial charge in [-0.05, 0) is 30.0 Å². The number of pyridine rings is 1. The molecule has 0 aliphatic heterocycles. The molecule has 0 saturated carbocycles. The predicted octanol–water partition coefficient (Wildman–Crippen LogP) is 3.47. The molecule has 4 aromatic rings. The van der Waals surface area contributed by atoms with Crippen LogP contribution < -0.4 is 5.43 Å². The Bertz CT molecular complexity index is 1050. The van der Waals surface area contributed by atoms with Crippen molar-refractivity contribution in [2.45, 2.75) is 13.5 Å². The molecule has 0 aliphatic carbocycles. The number of hydrogen-bond acceptors (Lipinski definition) is 5. The highest BCUT2D eigenvalue weighted by molar-refractivity contribution is 7.17. The Morgan fingerprint density at radius 3 is 2.96 bits per heavy atom. The second-order valence-corrected chi connectivity index (χ2v) is 6.19. The van der Waals surface area contributed by atoms with E-state index in [4.69, 9.17) is 4.52 Å². The van der Waals surface area contributed by atoms with Gasteiger partial charge >= 0.3 is 0 Å². The third-order valence-electron chi connectivity index (χ3n) is 3.74. The molecule has 0 saturated heterocycles. The number of fused-ring (bicyclic) bond motifs is 1. The number of aryl methyl sites for hydroxylation is 1. The minimum Gasteiger partial charge on any atom is -0.339 e. The van der Waals surface area contributed by atoms with Gasteiger partial charge in [-0.3, -0.25) is 4.79 Å². The van der Waals surface area contributed by atoms with Gasteiger partial charge < -0.3 is 9.09 Å². The van der Waals surface area contributed by atoms with Crippen molar-refractivity contribution in [3.8, 4) is 11.5 Å². The van der Waals surface area contributed by atoms with Gasteiger partial charge in [-0.25, -0.2) is 0 Å². The van der Waals surface area contributed by atoms with Crippen LogP contribution in [0.5, 0.6) is 0 Å². The summed E-state index contributed by atoms with van der Waals surface area (Å²) in [4.78, 5) is 16.3. The third kappa shape index (κ3) is 2.47. The van der Waals surface area contributed by atoms with Crippen LogP contribution in [0, 0.1) is 6.92 Å². The second-order valence-electron chi connectivity index (χ2n) is 5.27. The van der Waals surface area contributed by atoms with Gasteiger partial charge in [-0.15, -0.1) is 11.3 Å². The van der Waals surface area contributed by atoms with E-state index in [0.29, 0.717) is 18.3 Å². The van der Waals surface area contributed by atoms with Crippen molar-refractivity contribution in [1.29, 1.82) is 0 Å². The Morgan fingerprint density at radius 2 is 2.09 bits per heavy atom. The first-order valence-electron chi connectivity index (χ1n) is 7.17. The SMILES string of the molecule is Cc1ccccc1-c1nc(Cn2ccc(=O)c3sccc32)no1. The molecule has 6 heteroatoms. The average Bonchev–Trinajstić information content (AvgIpc) is 3.20. The maximum atomic E-state index is 11.8. The lowest BCUT2D eigenvalue weighted by atomic mass is 10.1. The molecule has 3 heterocycles. The minimum atomic E-state index is 0.0416. The van der Waals surface area contributed by atoms with Crippen LogP contribution in [0.1, 0.15) is 11.4 Å². The lowest BCUT2D eigenvalue weighted by Gasteiger charge is -2.04. The zero-order valence-corrected chi connectivity index (χ0v) is 13.2. The summed E-state index contributed by atoms with van der Waals surface area (Å²) in [6, 6.07) is 11.4. The summed E-state index contributed by atoms with van der Waals surface area (Å²) in [6.07, 6.45) is 1.77. The molecule has 114 valence electrons. The van der Waals surface area contributed by atoms with Crippen LogP contribution in [0.15, 0.2) is 57.3 Å². The van der Waals surface area contributed by atoms with E-state index in [1.54, 1.807) is 12.3 Å². The summed E-state index contributed by atoms with van der Waals surface area (Å²) in [5.41, 5.74) is 2.96. The molecule has 1 aromatic carbocycles. The van der Waals surface area contributed by atoms with Crippen molar-refractivity contribution in [2.24, 2.45) is 0 Å². The fourth-order valence-electron chi connectivity index (χ4n) is 2.56. The van der Waals surface area contributed by atoms with Crippen molar-refractivity contribution < 1.29 is 4.52 Å². The minimum absolute atomic E-state index is 0.0416. The van der Waals surface area contributed by atoms with E-state index < -0.39 is 0 Å². The van der Waals surface area contributed by atoms with Crippen LogP contribution in [0.4, 0.5) is 0 Å². The zero-order valence-electron chi connectivity index (χ0n) is 12.4. The monoisotopic (exact) mass is 323 g/mol. The molecule has 0 radical (unpaired) electrons. The molecular weight excluding hydrogens is 310 g/mol. The summed E-state index contributed by atoms with van der Waals surface area (Å²) in [5.74, 6) is 1.10. The molecule has 23 heavy (non-hydrogen) atoms. The maximum absolute atomic E-state index is 11.8. The zero-order chi connectivity index (χ0) is 15.8. The molecule has 0 aliphatic rings. The highest BCUT2D eigenvalue weighted by atomic mass is 32.1. The molecular formula is C17H13N3O2S. The molecule has 0 amide bonds. The van der Waals surface area contributed by atoms with Crippen molar-refractivity contribution >= 4 is 21.6 Å². The Hall–Kier alpha value is -2.73. The van der Waals surface area contributed by atoms with E-state index in [1.807, 2.05) is 47.2 Å². The highest BCUT2D eigenvalue weighted by Crippen LogP contribution is 2.22. The van der Waals surface area contributed by atoms with E-state index in [-0.39, 0.29) is 5.43 Å². The fraction of sp³-hybridized carbons (Fsp3) is 0.118. The molecule has 0 bridgehead atoms. The first-order valence-corrected chi connectivity index (χ1v) is 8.05. The van der Waals surface area contributed by atoms with Gasteiger partial charge in [0.05, 0.1) is 16.8 Å². The van der Waals surface area contributed by atoms with Gasteiger partial charge in [0.25, 0.3) is 5.89 Å². The number of rotatable bonds is 3. The van der Waals surface area contributed by atoms with Gasteiger partial charge in [0.1, 0.15) is 0 Å². The third-order valence-corrected chi connectivity index (χ3v) is 4.66. The summed E-state index contributed by atoms with van der Waals surface area (Å²) in [6.45, 7) is 2.47. The quantitative estimate of drug-likeness (QED) is 0.579. The van der Waals surface area contributed by atoms with Crippen LogP contribution in [-0.4, -0.2) is 14.7 Å². The number of nitrogens with zero attached hydrogens (tertiary/aromatic N) is 3. The molecule has 0 unspecified atom stereocenters. The van der Waals surface area contributed by atoms with E-state index in [9.17, 15) is 4.79 Å². The lowest BCUT2D eigenvalue weighted by Crippen LogP contribution is -2.07. The number of thiophene rings is 1. The number of benzene rings is 1. The van der Waals surface area contributed by atoms with Crippen LogP contribution in [0.3, 0.4) is 0 Å². The maximum Gasteiger partial charge on any atom is 0.258 e. The van der Waals surface area contributed by atoms with E-state index in [0.717, 1.165) is 21.3 Å². The Balaban J connectivity index is 1.70. The lowest BCUT2D eigenvalue weighted by molar-refractivity contribution is 0.420. The van der Waals surface area contributed by atoms with Crippen molar-refractivity contribution in [2.75, 3.05) is 0 Å². The van der Waals surface area contributed by atoms with Crippen LogP contribution >= 0.6 is 11.3 Å². The molecule has 0 fully saturated rings. The van der Waals surface area contributed by atoms with E-state index in [1.165, 1.54) is 11.3 Å². The van der Waals surface area contributed by atoms with Gasteiger partial charge in [0, 0.05) is 17.8 Å². The summed E-state index contributed by atoms with van der Waals surface area (Å²) in [5, 5.41) is 5.98. The predicted molar refractivity (Wildman–Crippen MR) is 89.7 cm³/mol. The van der Waals surface area contributed by atoms with E-state index in [2.05, 4.69) is 10.1 Å². The van der Waals surface area contributed by atoms with Crippen LogP contribution in [0.2, 0.25) is 0 Å². The Labute approximate surface area is 135 Å². The summed E-state index contributed by atoms with van der Waals surface area (Å²) < 4.78 is 8.09. The molecule has 4 rings (SSSR count). The fourth-order valence-corrected chi connectivity index (χ4v) is 3.38. The number of aromatic nitrogens is 3. The largest absolute Gasteiger partial charge is 0.339 e. The van der Waals surface area contributed by atoms with Crippen molar-refractivity contribution in [3.05, 3.63) is 69.6 Å². The molecule has 0 spiro atoms. The normalized spacial score (nSPS) is 11.2. The topological polar surface area (TPSA) is 60.9 Å². The molecule has 0 atom stereocenters. The van der Waals surface area contributed by atoms with Gasteiger partial charge in [-0.2, -0.15) is 4.98 Å². The number of hydrogen-bond donors (Lipinski definition) is 0. The smallest absolute Gasteiger partial charge is 0.258 e. The average molecular weight is 323 g/mol. The first kappa shape index (κ1) is 13.9. The van der Waals surface area contributed by atoms with Crippen molar-refractivity contribution in [3.63, 3.8) is 0 Å². The van der Waals surface area contributed by atoms with Crippen molar-refractivity contribution in [1.82, 2.24) is 14.7 Å². The second kappa shape index (κ2) is 5.48. The van der Waals surface area contributed by atoms with Gasteiger partial charge in [-0.1, -0.05) is 23.4 Å². The van der Waals surface area contributed by atoms with Gasteiger partial charge in [0.15, 0.2) is 11.3 Å². The Kier molecular flexibility index (Phi) is 3.31. The molecule has 5 nitrogen and oxygen atoms in total. The standard InChI is InChI=1S/C17H13N3O2S/c1-11-4-2-3-5-12(11)17-18-15(19-22-17)10-20-8-6-14(21)16-13(20)7-9-23-16/h2-9H,10H2,1H3. The summed E-state index contributed by atoms with van der Waals surface area (Å²) >= 11 is 1.45. The van der Waals surface area contributed by atoms with Crippen LogP contribution in [0.25, 0.3) is 21.7 Å². The first-order chi connectivity index (χ1) is 11.2. The van der Waals surface area contributed by atoms with Crippen LogP contribution in [-0.2, 0) is 6.54 Å². The molecule has 3 aromatic heterocycles. The Morgan fingerprint density at radius 1 is 1.22 bits per heavy atom.